The SMILES string of the molecule is Cc1cc(OCC(=O)OCC(=O)NC(C)(C)C)ccc1C(C)C. The Labute approximate surface area is 138 Å². The number of hydrogen-bond donors (Lipinski definition) is 1. The molecule has 0 radical (unpaired) electrons. The van der Waals surface area contributed by atoms with Crippen LogP contribution in [0.3, 0.4) is 0 Å². The number of aryl methyl sites for hydroxylation is 1. The summed E-state index contributed by atoms with van der Waals surface area (Å²) in [6, 6.07) is 5.73. The van der Waals surface area contributed by atoms with Crippen LogP contribution in [-0.2, 0) is 14.3 Å². The van der Waals surface area contributed by atoms with Gasteiger partial charge in [0.2, 0.25) is 0 Å². The summed E-state index contributed by atoms with van der Waals surface area (Å²) < 4.78 is 10.3. The molecule has 0 aliphatic rings. The highest BCUT2D eigenvalue weighted by molar-refractivity contribution is 5.81. The summed E-state index contributed by atoms with van der Waals surface area (Å²) >= 11 is 0. The average Bonchev–Trinajstić information content (AvgIpc) is 2.40. The van der Waals surface area contributed by atoms with Crippen molar-refractivity contribution >= 4 is 11.9 Å². The molecule has 0 bridgehead atoms. The molecule has 0 spiro atoms. The number of carbonyl (C=O) groups excluding carboxylic acids is 2. The average molecular weight is 321 g/mol. The van der Waals surface area contributed by atoms with Crippen LogP contribution in [0.4, 0.5) is 0 Å². The topological polar surface area (TPSA) is 64.6 Å². The molecule has 0 heterocycles. The minimum atomic E-state index is -0.570. The van der Waals surface area contributed by atoms with Gasteiger partial charge in [0.15, 0.2) is 13.2 Å². The fourth-order valence-electron chi connectivity index (χ4n) is 2.17. The lowest BCUT2D eigenvalue weighted by atomic mass is 9.98. The molecule has 0 aromatic heterocycles. The van der Waals surface area contributed by atoms with E-state index in [0.29, 0.717) is 11.7 Å². The molecule has 1 rings (SSSR count). The highest BCUT2D eigenvalue weighted by atomic mass is 16.6. The first kappa shape index (κ1) is 19.0. The highest BCUT2D eigenvalue weighted by Gasteiger charge is 2.15. The number of nitrogens with one attached hydrogen (secondary N) is 1. The maximum atomic E-state index is 11.6. The van der Waals surface area contributed by atoms with E-state index in [1.54, 1.807) is 0 Å². The molecule has 1 amide bonds. The van der Waals surface area contributed by atoms with Crippen LogP contribution in [0.25, 0.3) is 0 Å². The molecule has 23 heavy (non-hydrogen) atoms. The molecule has 0 saturated carbocycles. The Morgan fingerprint density at radius 1 is 1.17 bits per heavy atom. The molecule has 0 aliphatic carbocycles. The first-order valence-electron chi connectivity index (χ1n) is 7.78. The Bertz CT molecular complexity index is 559. The van der Waals surface area contributed by atoms with E-state index in [2.05, 4.69) is 19.2 Å². The number of rotatable bonds is 6. The van der Waals surface area contributed by atoms with Gasteiger partial charge in [-0.05, 0) is 56.9 Å². The van der Waals surface area contributed by atoms with Crippen LogP contribution in [-0.4, -0.2) is 30.6 Å². The highest BCUT2D eigenvalue weighted by Crippen LogP contribution is 2.23. The first-order valence-corrected chi connectivity index (χ1v) is 7.78. The maximum Gasteiger partial charge on any atom is 0.344 e. The third-order valence-electron chi connectivity index (χ3n) is 3.10. The molecule has 0 atom stereocenters. The van der Waals surface area contributed by atoms with Crippen LogP contribution in [0.5, 0.6) is 5.75 Å². The molecule has 5 nitrogen and oxygen atoms in total. The number of amides is 1. The minimum absolute atomic E-state index is 0.219. The first-order chi connectivity index (χ1) is 10.6. The predicted molar refractivity (Wildman–Crippen MR) is 89.6 cm³/mol. The van der Waals surface area contributed by atoms with Crippen molar-refractivity contribution in [3.8, 4) is 5.75 Å². The number of benzene rings is 1. The summed E-state index contributed by atoms with van der Waals surface area (Å²) in [6.45, 7) is 11.3. The minimum Gasteiger partial charge on any atom is -0.482 e. The van der Waals surface area contributed by atoms with Gasteiger partial charge in [-0.1, -0.05) is 19.9 Å². The summed E-state index contributed by atoms with van der Waals surface area (Å²) in [6.07, 6.45) is 0. The van der Waals surface area contributed by atoms with Crippen molar-refractivity contribution < 1.29 is 19.1 Å². The Hall–Kier alpha value is -2.04. The Morgan fingerprint density at radius 3 is 2.35 bits per heavy atom. The number of ether oxygens (including phenoxy) is 2. The Kier molecular flexibility index (Phi) is 6.61. The monoisotopic (exact) mass is 321 g/mol. The van der Waals surface area contributed by atoms with E-state index < -0.39 is 5.97 Å². The van der Waals surface area contributed by atoms with E-state index >= 15 is 0 Å². The van der Waals surface area contributed by atoms with Gasteiger partial charge >= 0.3 is 5.97 Å². The second-order valence-corrected chi connectivity index (χ2v) is 6.92. The van der Waals surface area contributed by atoms with Crippen molar-refractivity contribution in [3.63, 3.8) is 0 Å². The summed E-state index contributed by atoms with van der Waals surface area (Å²) in [5.74, 6) is 0.154. The molecule has 0 fully saturated rings. The van der Waals surface area contributed by atoms with E-state index in [1.807, 2.05) is 45.9 Å². The molecule has 128 valence electrons. The molecule has 0 unspecified atom stereocenters. The summed E-state index contributed by atoms with van der Waals surface area (Å²) in [5, 5.41) is 2.72. The molecular weight excluding hydrogens is 294 g/mol. The van der Waals surface area contributed by atoms with Gasteiger partial charge in [0.05, 0.1) is 0 Å². The van der Waals surface area contributed by atoms with Crippen LogP contribution >= 0.6 is 0 Å². The normalized spacial score (nSPS) is 11.3. The van der Waals surface area contributed by atoms with Gasteiger partial charge in [0, 0.05) is 5.54 Å². The van der Waals surface area contributed by atoms with Gasteiger partial charge in [-0.15, -0.1) is 0 Å². The van der Waals surface area contributed by atoms with Gasteiger partial charge in [-0.25, -0.2) is 4.79 Å². The summed E-state index contributed by atoms with van der Waals surface area (Å²) in [7, 11) is 0. The number of carbonyl (C=O) groups is 2. The molecule has 5 heteroatoms. The zero-order chi connectivity index (χ0) is 17.6. The van der Waals surface area contributed by atoms with Gasteiger partial charge in [-0.3, -0.25) is 4.79 Å². The molecule has 0 saturated heterocycles. The summed E-state index contributed by atoms with van der Waals surface area (Å²) in [5.41, 5.74) is 2.02. The number of hydrogen-bond acceptors (Lipinski definition) is 4. The van der Waals surface area contributed by atoms with E-state index in [4.69, 9.17) is 9.47 Å². The molecule has 1 aromatic rings. The van der Waals surface area contributed by atoms with E-state index in [9.17, 15) is 9.59 Å². The summed E-state index contributed by atoms with van der Waals surface area (Å²) in [4.78, 5) is 23.2. The van der Waals surface area contributed by atoms with E-state index in [0.717, 1.165) is 5.56 Å². The van der Waals surface area contributed by atoms with Crippen LogP contribution in [0.1, 0.15) is 51.7 Å². The third kappa shape index (κ3) is 7.17. The second kappa shape index (κ2) is 7.99. The van der Waals surface area contributed by atoms with Crippen molar-refractivity contribution in [2.24, 2.45) is 0 Å². The quantitative estimate of drug-likeness (QED) is 0.818. The Morgan fingerprint density at radius 2 is 1.83 bits per heavy atom. The lowest BCUT2D eigenvalue weighted by Gasteiger charge is -2.20. The van der Waals surface area contributed by atoms with Crippen LogP contribution < -0.4 is 10.1 Å². The van der Waals surface area contributed by atoms with Crippen molar-refractivity contribution in [2.75, 3.05) is 13.2 Å². The fraction of sp³-hybridized carbons (Fsp3) is 0.556. The zero-order valence-corrected chi connectivity index (χ0v) is 14.9. The molecule has 1 N–H and O–H groups in total. The fourth-order valence-corrected chi connectivity index (χ4v) is 2.17. The van der Waals surface area contributed by atoms with Crippen LogP contribution in [0.2, 0.25) is 0 Å². The van der Waals surface area contributed by atoms with E-state index in [-0.39, 0.29) is 24.7 Å². The Balaban J connectivity index is 2.42. The smallest absolute Gasteiger partial charge is 0.344 e. The van der Waals surface area contributed by atoms with Crippen molar-refractivity contribution in [1.82, 2.24) is 5.32 Å². The van der Waals surface area contributed by atoms with Gasteiger partial charge in [-0.2, -0.15) is 0 Å². The second-order valence-electron chi connectivity index (χ2n) is 6.92. The van der Waals surface area contributed by atoms with Crippen molar-refractivity contribution in [2.45, 2.75) is 53.0 Å². The largest absolute Gasteiger partial charge is 0.482 e. The van der Waals surface area contributed by atoms with Crippen LogP contribution in [0.15, 0.2) is 18.2 Å². The standard InChI is InChI=1S/C18H27NO4/c1-12(2)15-8-7-14(9-13(15)3)22-11-17(21)23-10-16(20)19-18(4,5)6/h7-9,12H,10-11H2,1-6H3,(H,19,20). The lowest BCUT2D eigenvalue weighted by Crippen LogP contribution is -2.43. The molecule has 1 aromatic carbocycles. The third-order valence-corrected chi connectivity index (χ3v) is 3.10. The molecular formula is C18H27NO4. The van der Waals surface area contributed by atoms with Gasteiger partial charge in [0.1, 0.15) is 5.75 Å². The van der Waals surface area contributed by atoms with Crippen molar-refractivity contribution in [1.29, 1.82) is 0 Å². The maximum absolute atomic E-state index is 11.6. The van der Waals surface area contributed by atoms with Crippen LogP contribution in [0, 0.1) is 6.92 Å². The molecule has 0 aliphatic heterocycles. The zero-order valence-electron chi connectivity index (χ0n) is 14.9. The van der Waals surface area contributed by atoms with E-state index in [1.165, 1.54) is 5.56 Å². The van der Waals surface area contributed by atoms with Gasteiger partial charge < -0.3 is 14.8 Å². The van der Waals surface area contributed by atoms with Gasteiger partial charge in [0.25, 0.3) is 5.91 Å². The predicted octanol–water partition coefficient (Wildman–Crippen LogP) is 2.96. The van der Waals surface area contributed by atoms with Crippen molar-refractivity contribution in [3.05, 3.63) is 29.3 Å². The lowest BCUT2D eigenvalue weighted by molar-refractivity contribution is -0.150. The number of esters is 1.